The van der Waals surface area contributed by atoms with Crippen molar-refractivity contribution >= 4 is 28.1 Å². The van der Waals surface area contributed by atoms with Gasteiger partial charge in [0.1, 0.15) is 0 Å². The van der Waals surface area contributed by atoms with Crippen LogP contribution in [0.2, 0.25) is 0 Å². The molecule has 1 heterocycles. The average Bonchev–Trinajstić information content (AvgIpc) is 3.42. The maximum Gasteiger partial charge on any atom is 0.305 e. The number of nitrogens with zero attached hydrogens (tertiary/aromatic N) is 3. The lowest BCUT2D eigenvalue weighted by molar-refractivity contribution is -0.136. The highest BCUT2D eigenvalue weighted by Gasteiger charge is 2.14. The standard InChI is InChI=1S/C30H28N4O2S/c1-22(32-16-14-29(35)36)26-12-10-24(11-13-26)20-34(17-15-23-6-3-2-4-7-23)30-33-28(21-37-30)27-9-5-8-25(18-27)19-31/h2-13,18,21,32H,1,14-17,20H2,(H,35,36). The van der Waals surface area contributed by atoms with Crippen molar-refractivity contribution in [3.05, 3.63) is 113 Å². The molecular formula is C30H28N4O2S. The highest BCUT2D eigenvalue weighted by atomic mass is 32.1. The van der Waals surface area contributed by atoms with Gasteiger partial charge in [-0.3, -0.25) is 4.79 Å². The summed E-state index contributed by atoms with van der Waals surface area (Å²) in [6.07, 6.45) is 0.937. The SMILES string of the molecule is C=C(NCCC(=O)O)c1ccc(CN(CCc2ccccc2)c2nc(-c3cccc(C#N)c3)cs2)cc1. The largest absolute Gasteiger partial charge is 0.481 e. The first kappa shape index (κ1) is 25.7. The molecule has 37 heavy (non-hydrogen) atoms. The summed E-state index contributed by atoms with van der Waals surface area (Å²) in [5.41, 5.74) is 6.45. The van der Waals surface area contributed by atoms with Crippen molar-refractivity contribution in [3.8, 4) is 17.3 Å². The molecule has 0 spiro atoms. The van der Waals surface area contributed by atoms with Crippen LogP contribution in [0.15, 0.2) is 90.8 Å². The van der Waals surface area contributed by atoms with Crippen LogP contribution in [0, 0.1) is 11.3 Å². The minimum Gasteiger partial charge on any atom is -0.481 e. The summed E-state index contributed by atoms with van der Waals surface area (Å²) in [5, 5.41) is 24.1. The number of anilines is 1. The van der Waals surface area contributed by atoms with E-state index in [9.17, 15) is 10.1 Å². The number of carboxylic acids is 1. The van der Waals surface area contributed by atoms with Gasteiger partial charge in [0.05, 0.1) is 23.7 Å². The van der Waals surface area contributed by atoms with E-state index in [1.54, 1.807) is 17.4 Å². The molecule has 6 nitrogen and oxygen atoms in total. The predicted molar refractivity (Wildman–Crippen MR) is 149 cm³/mol. The molecule has 0 amide bonds. The zero-order valence-corrected chi connectivity index (χ0v) is 21.2. The minimum absolute atomic E-state index is 0.0457. The first-order chi connectivity index (χ1) is 18.0. The van der Waals surface area contributed by atoms with Gasteiger partial charge in [0, 0.05) is 36.3 Å². The Kier molecular flexibility index (Phi) is 8.69. The number of carboxylic acid groups (broad SMARTS) is 1. The van der Waals surface area contributed by atoms with E-state index < -0.39 is 5.97 Å². The van der Waals surface area contributed by atoms with Gasteiger partial charge in [0.25, 0.3) is 0 Å². The average molecular weight is 509 g/mol. The van der Waals surface area contributed by atoms with Crippen molar-refractivity contribution < 1.29 is 9.90 Å². The van der Waals surface area contributed by atoms with Crippen LogP contribution in [-0.4, -0.2) is 29.1 Å². The molecule has 0 atom stereocenters. The predicted octanol–water partition coefficient (Wildman–Crippen LogP) is 5.97. The molecule has 0 saturated carbocycles. The first-order valence-electron chi connectivity index (χ1n) is 12.0. The second kappa shape index (κ2) is 12.5. The molecular weight excluding hydrogens is 480 g/mol. The summed E-state index contributed by atoms with van der Waals surface area (Å²) in [6, 6.07) is 28.3. The third kappa shape index (κ3) is 7.29. The summed E-state index contributed by atoms with van der Waals surface area (Å²) >= 11 is 1.60. The lowest BCUT2D eigenvalue weighted by Gasteiger charge is -2.22. The Morgan fingerprint density at radius 1 is 1.05 bits per heavy atom. The molecule has 4 aromatic rings. The van der Waals surface area contributed by atoms with Crippen LogP contribution in [0.1, 0.15) is 28.7 Å². The summed E-state index contributed by atoms with van der Waals surface area (Å²) in [7, 11) is 0. The fraction of sp³-hybridized carbons (Fsp3) is 0.167. The maximum absolute atomic E-state index is 10.7. The third-order valence-electron chi connectivity index (χ3n) is 5.92. The molecule has 186 valence electrons. The number of benzene rings is 3. The van der Waals surface area contributed by atoms with Crippen LogP contribution in [0.3, 0.4) is 0 Å². The molecule has 0 aliphatic rings. The summed E-state index contributed by atoms with van der Waals surface area (Å²) < 4.78 is 0. The van der Waals surface area contributed by atoms with E-state index in [0.717, 1.165) is 40.5 Å². The maximum atomic E-state index is 10.7. The number of hydrogen-bond acceptors (Lipinski definition) is 6. The number of aliphatic carboxylic acids is 1. The van der Waals surface area contributed by atoms with Gasteiger partial charge in [-0.25, -0.2) is 4.98 Å². The Bertz CT molecular complexity index is 1390. The molecule has 0 radical (unpaired) electrons. The number of carbonyl (C=O) groups is 1. The van der Waals surface area contributed by atoms with Gasteiger partial charge in [-0.15, -0.1) is 11.3 Å². The second-order valence-corrected chi connectivity index (χ2v) is 9.45. The fourth-order valence-electron chi connectivity index (χ4n) is 3.90. The highest BCUT2D eigenvalue weighted by Crippen LogP contribution is 2.29. The zero-order chi connectivity index (χ0) is 26.0. The minimum atomic E-state index is -0.839. The van der Waals surface area contributed by atoms with Crippen LogP contribution in [0.5, 0.6) is 0 Å². The molecule has 0 aliphatic heterocycles. The number of nitriles is 1. The van der Waals surface area contributed by atoms with Crippen molar-refractivity contribution in [2.75, 3.05) is 18.0 Å². The monoisotopic (exact) mass is 508 g/mol. The van der Waals surface area contributed by atoms with Crippen molar-refractivity contribution in [1.82, 2.24) is 10.3 Å². The van der Waals surface area contributed by atoms with E-state index in [4.69, 9.17) is 10.1 Å². The van der Waals surface area contributed by atoms with E-state index in [1.807, 2.05) is 41.8 Å². The van der Waals surface area contributed by atoms with E-state index in [2.05, 4.69) is 59.3 Å². The summed E-state index contributed by atoms with van der Waals surface area (Å²) in [4.78, 5) is 17.9. The van der Waals surface area contributed by atoms with Crippen LogP contribution in [0.4, 0.5) is 5.13 Å². The van der Waals surface area contributed by atoms with Gasteiger partial charge in [0.2, 0.25) is 0 Å². The van der Waals surface area contributed by atoms with Crippen molar-refractivity contribution in [2.45, 2.75) is 19.4 Å². The third-order valence-corrected chi connectivity index (χ3v) is 6.82. The van der Waals surface area contributed by atoms with Crippen LogP contribution < -0.4 is 10.2 Å². The molecule has 0 unspecified atom stereocenters. The topological polar surface area (TPSA) is 89.2 Å². The molecule has 1 aromatic heterocycles. The molecule has 7 heteroatoms. The van der Waals surface area contributed by atoms with Gasteiger partial charge >= 0.3 is 5.97 Å². The Hall–Kier alpha value is -4.41. The number of thiazole rings is 1. The zero-order valence-electron chi connectivity index (χ0n) is 20.4. The summed E-state index contributed by atoms with van der Waals surface area (Å²) in [6.45, 7) is 5.86. The molecule has 4 rings (SSSR count). The lowest BCUT2D eigenvalue weighted by Crippen LogP contribution is -2.25. The van der Waals surface area contributed by atoms with Crippen LogP contribution >= 0.6 is 11.3 Å². The van der Waals surface area contributed by atoms with Gasteiger partial charge in [-0.2, -0.15) is 5.26 Å². The molecule has 0 bridgehead atoms. The Balaban J connectivity index is 1.50. The number of hydrogen-bond donors (Lipinski definition) is 2. The Labute approximate surface area is 221 Å². The summed E-state index contributed by atoms with van der Waals surface area (Å²) in [5.74, 6) is -0.839. The van der Waals surface area contributed by atoms with Crippen molar-refractivity contribution in [2.24, 2.45) is 0 Å². The highest BCUT2D eigenvalue weighted by molar-refractivity contribution is 7.14. The smallest absolute Gasteiger partial charge is 0.305 e. The first-order valence-corrected chi connectivity index (χ1v) is 12.9. The van der Waals surface area contributed by atoms with Gasteiger partial charge < -0.3 is 15.3 Å². The quantitative estimate of drug-likeness (QED) is 0.245. The van der Waals surface area contributed by atoms with Crippen molar-refractivity contribution in [1.29, 1.82) is 5.26 Å². The van der Waals surface area contributed by atoms with Crippen LogP contribution in [-0.2, 0) is 17.8 Å². The fourth-order valence-corrected chi connectivity index (χ4v) is 4.76. The normalized spacial score (nSPS) is 10.5. The molecule has 2 N–H and O–H groups in total. The van der Waals surface area contributed by atoms with E-state index >= 15 is 0 Å². The lowest BCUT2D eigenvalue weighted by atomic mass is 10.1. The van der Waals surface area contributed by atoms with E-state index in [-0.39, 0.29) is 6.42 Å². The van der Waals surface area contributed by atoms with E-state index in [0.29, 0.717) is 24.4 Å². The molecule has 0 saturated heterocycles. The van der Waals surface area contributed by atoms with Crippen molar-refractivity contribution in [3.63, 3.8) is 0 Å². The molecule has 0 aliphatic carbocycles. The van der Waals surface area contributed by atoms with Gasteiger partial charge in [-0.1, -0.05) is 73.3 Å². The molecule has 0 fully saturated rings. The Morgan fingerprint density at radius 2 is 1.84 bits per heavy atom. The van der Waals surface area contributed by atoms with E-state index in [1.165, 1.54) is 5.56 Å². The number of nitrogens with one attached hydrogen (secondary N) is 1. The van der Waals surface area contributed by atoms with Gasteiger partial charge in [-0.05, 0) is 35.2 Å². The number of rotatable bonds is 12. The Morgan fingerprint density at radius 3 is 2.57 bits per heavy atom. The van der Waals surface area contributed by atoms with Gasteiger partial charge in [0.15, 0.2) is 5.13 Å². The molecule has 3 aromatic carbocycles. The second-order valence-electron chi connectivity index (χ2n) is 8.61. The number of aromatic nitrogens is 1. The van der Waals surface area contributed by atoms with Crippen LogP contribution in [0.25, 0.3) is 17.0 Å².